The van der Waals surface area contributed by atoms with Crippen molar-refractivity contribution in [2.24, 2.45) is 0 Å². The molecule has 0 radical (unpaired) electrons. The Morgan fingerprint density at radius 3 is 2.91 bits per heavy atom. The lowest BCUT2D eigenvalue weighted by molar-refractivity contribution is -0.137. The zero-order valence-corrected chi connectivity index (χ0v) is 11.4. The first-order valence-corrected chi connectivity index (χ1v) is 6.74. The van der Waals surface area contributed by atoms with Crippen LogP contribution in [0.2, 0.25) is 0 Å². The lowest BCUT2D eigenvalue weighted by atomic mass is 10.0. The molecule has 1 aliphatic rings. The van der Waals surface area contributed by atoms with Crippen molar-refractivity contribution in [2.45, 2.75) is 31.6 Å². The summed E-state index contributed by atoms with van der Waals surface area (Å²) >= 11 is 0. The van der Waals surface area contributed by atoms with E-state index >= 15 is 0 Å². The Labute approximate surface area is 124 Å². The van der Waals surface area contributed by atoms with Gasteiger partial charge in [0.2, 0.25) is 0 Å². The summed E-state index contributed by atoms with van der Waals surface area (Å²) in [4.78, 5) is 4.18. The van der Waals surface area contributed by atoms with Crippen molar-refractivity contribution in [1.82, 2.24) is 14.8 Å². The third-order valence-electron chi connectivity index (χ3n) is 3.61. The van der Waals surface area contributed by atoms with Gasteiger partial charge < -0.3 is 5.32 Å². The predicted octanol–water partition coefficient (Wildman–Crippen LogP) is 3.12. The smallest absolute Gasteiger partial charge is 0.375 e. The van der Waals surface area contributed by atoms with Crippen molar-refractivity contribution >= 4 is 5.69 Å². The third kappa shape index (κ3) is 2.62. The van der Waals surface area contributed by atoms with E-state index in [1.54, 1.807) is 10.8 Å². The Balaban J connectivity index is 1.88. The first-order chi connectivity index (χ1) is 10.5. The molecular weight excluding hydrogens is 295 g/mol. The number of hydrogen-bond donors (Lipinski definition) is 1. The van der Waals surface area contributed by atoms with Crippen molar-refractivity contribution in [3.63, 3.8) is 0 Å². The van der Waals surface area contributed by atoms with Gasteiger partial charge in [-0.15, -0.1) is 0 Å². The van der Waals surface area contributed by atoms with E-state index in [0.717, 1.165) is 31.3 Å². The Kier molecular flexibility index (Phi) is 3.48. The first-order valence-electron chi connectivity index (χ1n) is 6.74. The molecule has 0 fully saturated rings. The van der Waals surface area contributed by atoms with Crippen LogP contribution < -0.4 is 5.32 Å². The van der Waals surface area contributed by atoms with Crippen molar-refractivity contribution in [2.75, 3.05) is 5.32 Å². The molecular formula is C14H12F3N5. The van der Waals surface area contributed by atoms with Gasteiger partial charge in [-0.1, -0.05) is 0 Å². The van der Waals surface area contributed by atoms with Crippen LogP contribution in [-0.4, -0.2) is 14.8 Å². The number of hydrogen-bond acceptors (Lipinski definition) is 4. The van der Waals surface area contributed by atoms with Gasteiger partial charge in [-0.05, 0) is 31.0 Å². The highest BCUT2D eigenvalue weighted by molar-refractivity contribution is 5.54. The van der Waals surface area contributed by atoms with Gasteiger partial charge in [0.25, 0.3) is 0 Å². The van der Waals surface area contributed by atoms with Gasteiger partial charge in [-0.25, -0.2) is 9.67 Å². The molecule has 1 atom stereocenters. The van der Waals surface area contributed by atoms with E-state index in [1.165, 1.54) is 18.5 Å². The molecule has 2 heterocycles. The molecule has 1 N–H and O–H groups in total. The van der Waals surface area contributed by atoms with Crippen LogP contribution in [0.5, 0.6) is 0 Å². The molecule has 0 amide bonds. The number of alkyl halides is 3. The zero-order chi connectivity index (χ0) is 15.7. The summed E-state index contributed by atoms with van der Waals surface area (Å²) in [6.07, 6.45) is -1.36. The lowest BCUT2D eigenvalue weighted by Gasteiger charge is -2.24. The number of nitriles is 1. The molecule has 8 heteroatoms. The average Bonchev–Trinajstić information content (AvgIpc) is 2.95. The summed E-state index contributed by atoms with van der Waals surface area (Å²) in [5.41, 5.74) is -0.854. The molecule has 22 heavy (non-hydrogen) atoms. The highest BCUT2D eigenvalue weighted by Gasteiger charge is 2.33. The van der Waals surface area contributed by atoms with Gasteiger partial charge in [0.1, 0.15) is 12.2 Å². The minimum atomic E-state index is -4.53. The van der Waals surface area contributed by atoms with Gasteiger partial charge in [-0.3, -0.25) is 0 Å². The molecule has 5 nitrogen and oxygen atoms in total. The highest BCUT2D eigenvalue weighted by Crippen LogP contribution is 2.34. The van der Waals surface area contributed by atoms with Crippen molar-refractivity contribution in [1.29, 1.82) is 5.26 Å². The van der Waals surface area contributed by atoms with E-state index in [9.17, 15) is 13.2 Å². The second-order valence-corrected chi connectivity index (χ2v) is 5.05. The number of benzene rings is 1. The standard InChI is InChI=1S/C14H12F3N5/c15-14(16,17)11-4-3-10(6-9(11)7-18)21-12-2-1-5-22-13(12)19-8-20-22/h3-4,6,8,12,21H,1-2,5H2. The van der Waals surface area contributed by atoms with Crippen LogP contribution in [0, 0.1) is 11.3 Å². The Hall–Kier alpha value is -2.56. The summed E-state index contributed by atoms with van der Waals surface area (Å²) in [5.74, 6) is 0.754. The van der Waals surface area contributed by atoms with Crippen LogP contribution in [0.3, 0.4) is 0 Å². The number of aryl methyl sites for hydroxylation is 1. The fraction of sp³-hybridized carbons (Fsp3) is 0.357. The lowest BCUT2D eigenvalue weighted by Crippen LogP contribution is -2.22. The van der Waals surface area contributed by atoms with Crippen LogP contribution in [0.4, 0.5) is 18.9 Å². The van der Waals surface area contributed by atoms with Gasteiger partial charge in [0.15, 0.2) is 0 Å². The Bertz CT molecular complexity index is 729. The second-order valence-electron chi connectivity index (χ2n) is 5.05. The maximum atomic E-state index is 12.8. The van der Waals surface area contributed by atoms with Gasteiger partial charge in [0.05, 0.1) is 23.2 Å². The molecule has 0 aliphatic carbocycles. The molecule has 1 aromatic heterocycles. The van der Waals surface area contributed by atoms with Crippen molar-refractivity contribution in [3.05, 3.63) is 41.5 Å². The van der Waals surface area contributed by atoms with Crippen LogP contribution in [0.1, 0.15) is 35.8 Å². The molecule has 3 rings (SSSR count). The topological polar surface area (TPSA) is 66.5 Å². The van der Waals surface area contributed by atoms with Crippen molar-refractivity contribution < 1.29 is 13.2 Å². The molecule has 1 aliphatic heterocycles. The van der Waals surface area contributed by atoms with Gasteiger partial charge >= 0.3 is 6.18 Å². The fourth-order valence-corrected chi connectivity index (χ4v) is 2.60. The van der Waals surface area contributed by atoms with E-state index in [2.05, 4.69) is 15.4 Å². The quantitative estimate of drug-likeness (QED) is 0.925. The fourth-order valence-electron chi connectivity index (χ4n) is 2.60. The van der Waals surface area contributed by atoms with Crippen LogP contribution in [0.15, 0.2) is 24.5 Å². The number of nitrogens with one attached hydrogen (secondary N) is 1. The number of halogens is 3. The number of fused-ring (bicyclic) bond motifs is 1. The molecule has 0 bridgehead atoms. The van der Waals surface area contributed by atoms with Crippen LogP contribution >= 0.6 is 0 Å². The highest BCUT2D eigenvalue weighted by atomic mass is 19.4. The van der Waals surface area contributed by atoms with E-state index in [1.807, 2.05) is 0 Å². The van der Waals surface area contributed by atoms with Crippen LogP contribution in [0.25, 0.3) is 0 Å². The molecule has 1 unspecified atom stereocenters. The normalized spacial score (nSPS) is 17.6. The van der Waals surface area contributed by atoms with Crippen LogP contribution in [-0.2, 0) is 12.7 Å². The zero-order valence-electron chi connectivity index (χ0n) is 11.4. The number of rotatable bonds is 2. The Morgan fingerprint density at radius 2 is 2.18 bits per heavy atom. The van der Waals surface area contributed by atoms with E-state index < -0.39 is 17.3 Å². The third-order valence-corrected chi connectivity index (χ3v) is 3.61. The number of nitrogens with zero attached hydrogens (tertiary/aromatic N) is 4. The number of aromatic nitrogens is 3. The van der Waals surface area contributed by atoms with E-state index in [-0.39, 0.29) is 6.04 Å². The molecule has 0 spiro atoms. The maximum Gasteiger partial charge on any atom is 0.417 e. The molecule has 1 aromatic carbocycles. The monoisotopic (exact) mass is 307 g/mol. The van der Waals surface area contributed by atoms with Crippen molar-refractivity contribution in [3.8, 4) is 6.07 Å². The van der Waals surface area contributed by atoms with Gasteiger partial charge in [-0.2, -0.15) is 23.5 Å². The summed E-state index contributed by atoms with van der Waals surface area (Å²) in [7, 11) is 0. The summed E-state index contributed by atoms with van der Waals surface area (Å²) in [5, 5.41) is 16.2. The second kappa shape index (κ2) is 5.33. The predicted molar refractivity (Wildman–Crippen MR) is 71.8 cm³/mol. The first kappa shape index (κ1) is 14.4. The van der Waals surface area contributed by atoms with E-state index in [4.69, 9.17) is 5.26 Å². The Morgan fingerprint density at radius 1 is 1.36 bits per heavy atom. The summed E-state index contributed by atoms with van der Waals surface area (Å²) < 4.78 is 40.1. The maximum absolute atomic E-state index is 12.8. The minimum absolute atomic E-state index is 0.125. The summed E-state index contributed by atoms with van der Waals surface area (Å²) in [6.45, 7) is 0.782. The minimum Gasteiger partial charge on any atom is -0.375 e. The van der Waals surface area contributed by atoms with Gasteiger partial charge in [0, 0.05) is 12.2 Å². The number of anilines is 1. The molecule has 0 saturated heterocycles. The molecule has 0 saturated carbocycles. The SMILES string of the molecule is N#Cc1cc(NC2CCCn3ncnc32)ccc1C(F)(F)F. The largest absolute Gasteiger partial charge is 0.417 e. The molecule has 2 aromatic rings. The summed E-state index contributed by atoms with van der Waals surface area (Å²) in [6, 6.07) is 4.95. The van der Waals surface area contributed by atoms with E-state index in [0.29, 0.717) is 5.69 Å². The molecule has 114 valence electrons. The average molecular weight is 307 g/mol.